The van der Waals surface area contributed by atoms with E-state index in [1.165, 1.54) is 0 Å². The maximum Gasteiger partial charge on any atom is 0.135 e. The second-order valence-electron chi connectivity index (χ2n) is 6.86. The number of nitrogen functional groups attached to an aromatic ring is 1. The summed E-state index contributed by atoms with van der Waals surface area (Å²) in [6.07, 6.45) is 3.86. The van der Waals surface area contributed by atoms with Crippen LogP contribution in [0.15, 0.2) is 0 Å². The number of rotatable bonds is 4. The summed E-state index contributed by atoms with van der Waals surface area (Å²) in [6, 6.07) is 0. The Bertz CT molecular complexity index is 493. The van der Waals surface area contributed by atoms with Gasteiger partial charge in [-0.15, -0.1) is 0 Å². The van der Waals surface area contributed by atoms with E-state index < -0.39 is 5.60 Å². The zero-order valence-corrected chi connectivity index (χ0v) is 13.6. The highest BCUT2D eigenvalue weighted by Gasteiger charge is 2.31. The minimum atomic E-state index is -0.628. The van der Waals surface area contributed by atoms with Crippen LogP contribution < -0.4 is 11.1 Å². The van der Waals surface area contributed by atoms with E-state index in [1.807, 2.05) is 20.8 Å². The first kappa shape index (κ1) is 16.0. The van der Waals surface area contributed by atoms with E-state index in [2.05, 4.69) is 22.2 Å². The molecule has 0 aromatic carbocycles. The lowest BCUT2D eigenvalue weighted by atomic mass is 9.79. The topological polar surface area (TPSA) is 84.1 Å². The summed E-state index contributed by atoms with van der Waals surface area (Å²) >= 11 is 0. The highest BCUT2D eigenvalue weighted by Crippen LogP contribution is 2.32. The summed E-state index contributed by atoms with van der Waals surface area (Å²) in [5.41, 5.74) is 6.19. The number of nitrogens with zero attached hydrogens (tertiary/aromatic N) is 2. The molecule has 1 aromatic rings. The molecule has 5 heteroatoms. The fourth-order valence-electron chi connectivity index (χ4n) is 2.71. The molecule has 0 atom stereocenters. The monoisotopic (exact) mass is 292 g/mol. The molecule has 0 unspecified atom stereocenters. The van der Waals surface area contributed by atoms with E-state index >= 15 is 0 Å². The summed E-state index contributed by atoms with van der Waals surface area (Å²) in [6.45, 7) is 8.77. The lowest BCUT2D eigenvalue weighted by molar-refractivity contribution is 0.00493. The molecule has 21 heavy (non-hydrogen) atoms. The van der Waals surface area contributed by atoms with Gasteiger partial charge < -0.3 is 16.2 Å². The average Bonchev–Trinajstić information content (AvgIpc) is 2.44. The summed E-state index contributed by atoms with van der Waals surface area (Å²) in [5, 5.41) is 13.9. The van der Waals surface area contributed by atoms with Crippen molar-refractivity contribution in [2.45, 2.75) is 64.9 Å². The Morgan fingerprint density at radius 1 is 1.33 bits per heavy atom. The van der Waals surface area contributed by atoms with Crippen LogP contribution in [0.3, 0.4) is 0 Å². The Hall–Kier alpha value is -1.36. The van der Waals surface area contributed by atoms with Crippen LogP contribution in [-0.4, -0.2) is 27.2 Å². The lowest BCUT2D eigenvalue weighted by Crippen LogP contribution is -2.40. The van der Waals surface area contributed by atoms with Crippen molar-refractivity contribution in [3.8, 4) is 0 Å². The van der Waals surface area contributed by atoms with Crippen molar-refractivity contribution >= 4 is 11.6 Å². The number of aromatic nitrogens is 2. The minimum absolute atomic E-state index is 0.229. The summed E-state index contributed by atoms with van der Waals surface area (Å²) in [4.78, 5) is 8.87. The van der Waals surface area contributed by atoms with Crippen molar-refractivity contribution in [2.24, 2.45) is 5.92 Å². The van der Waals surface area contributed by atoms with Crippen LogP contribution >= 0.6 is 0 Å². The van der Waals surface area contributed by atoms with Crippen molar-refractivity contribution in [3.63, 3.8) is 0 Å². The molecule has 1 saturated carbocycles. The molecule has 1 heterocycles. The molecule has 1 aliphatic carbocycles. The molecule has 1 fully saturated rings. The number of aliphatic hydroxyl groups is 1. The Balaban J connectivity index is 2.09. The largest absolute Gasteiger partial charge is 0.388 e. The zero-order valence-electron chi connectivity index (χ0n) is 13.6. The number of nitrogens with two attached hydrogens (primary N) is 1. The second-order valence-corrected chi connectivity index (χ2v) is 6.86. The highest BCUT2D eigenvalue weighted by atomic mass is 16.3. The zero-order chi connectivity index (χ0) is 15.6. The van der Waals surface area contributed by atoms with E-state index in [4.69, 9.17) is 5.73 Å². The molecule has 5 nitrogen and oxygen atoms in total. The van der Waals surface area contributed by atoms with Crippen LogP contribution in [0.1, 0.15) is 63.8 Å². The van der Waals surface area contributed by atoms with Gasteiger partial charge in [0.05, 0.1) is 5.60 Å². The molecule has 2 rings (SSSR count). The van der Waals surface area contributed by atoms with Gasteiger partial charge in [-0.05, 0) is 38.5 Å². The van der Waals surface area contributed by atoms with Crippen LogP contribution in [0.2, 0.25) is 0 Å². The van der Waals surface area contributed by atoms with Crippen molar-refractivity contribution in [1.29, 1.82) is 0 Å². The molecule has 118 valence electrons. The Morgan fingerprint density at radius 3 is 2.52 bits per heavy atom. The fourth-order valence-corrected chi connectivity index (χ4v) is 2.71. The van der Waals surface area contributed by atoms with Crippen molar-refractivity contribution in [1.82, 2.24) is 9.97 Å². The third kappa shape index (κ3) is 3.84. The van der Waals surface area contributed by atoms with E-state index in [9.17, 15) is 5.11 Å². The third-order valence-electron chi connectivity index (χ3n) is 4.51. The summed E-state index contributed by atoms with van der Waals surface area (Å²) in [7, 11) is 0. The van der Waals surface area contributed by atoms with Crippen molar-refractivity contribution < 1.29 is 5.11 Å². The smallest absolute Gasteiger partial charge is 0.135 e. The molecule has 0 spiro atoms. The van der Waals surface area contributed by atoms with E-state index in [0.29, 0.717) is 18.3 Å². The molecule has 0 aliphatic heterocycles. The SMILES string of the molecule is Cc1c(N)nc(C(C)C)nc1NCC1(O)CCC(C)CC1. The van der Waals surface area contributed by atoms with E-state index in [1.54, 1.807) is 0 Å². The van der Waals surface area contributed by atoms with E-state index in [0.717, 1.165) is 42.9 Å². The first-order valence-corrected chi connectivity index (χ1v) is 7.91. The van der Waals surface area contributed by atoms with Crippen LogP contribution in [0.5, 0.6) is 0 Å². The Labute approximate surface area is 127 Å². The first-order valence-electron chi connectivity index (χ1n) is 7.91. The van der Waals surface area contributed by atoms with Gasteiger partial charge in [-0.2, -0.15) is 0 Å². The predicted octanol–water partition coefficient (Wildman–Crippen LogP) is 2.84. The minimum Gasteiger partial charge on any atom is -0.388 e. The lowest BCUT2D eigenvalue weighted by Gasteiger charge is -2.35. The molecule has 0 saturated heterocycles. The first-order chi connectivity index (χ1) is 9.81. The van der Waals surface area contributed by atoms with Crippen LogP contribution in [-0.2, 0) is 0 Å². The van der Waals surface area contributed by atoms with Crippen molar-refractivity contribution in [2.75, 3.05) is 17.6 Å². The number of hydrogen-bond donors (Lipinski definition) is 3. The van der Waals surface area contributed by atoms with Gasteiger partial charge >= 0.3 is 0 Å². The summed E-state index contributed by atoms with van der Waals surface area (Å²) in [5.74, 6) is 2.95. The molecule has 0 radical (unpaired) electrons. The molecular weight excluding hydrogens is 264 g/mol. The fraction of sp³-hybridized carbons (Fsp3) is 0.750. The number of nitrogens with one attached hydrogen (secondary N) is 1. The quantitative estimate of drug-likeness (QED) is 0.794. The van der Waals surface area contributed by atoms with Gasteiger partial charge in [0.1, 0.15) is 17.5 Å². The van der Waals surface area contributed by atoms with Gasteiger partial charge in [0.2, 0.25) is 0 Å². The second kappa shape index (κ2) is 6.18. The molecule has 0 bridgehead atoms. The van der Waals surface area contributed by atoms with Crippen LogP contribution in [0.25, 0.3) is 0 Å². The highest BCUT2D eigenvalue weighted by molar-refractivity contribution is 5.55. The molecular formula is C16H28N4O. The Kier molecular flexibility index (Phi) is 4.71. The van der Waals surface area contributed by atoms with Gasteiger partial charge in [0.15, 0.2) is 0 Å². The van der Waals surface area contributed by atoms with Gasteiger partial charge in [-0.25, -0.2) is 9.97 Å². The normalized spacial score (nSPS) is 26.1. The molecule has 4 N–H and O–H groups in total. The maximum absolute atomic E-state index is 10.7. The predicted molar refractivity (Wildman–Crippen MR) is 86.3 cm³/mol. The van der Waals surface area contributed by atoms with Gasteiger partial charge in [0, 0.05) is 18.0 Å². The van der Waals surface area contributed by atoms with Gasteiger partial charge in [-0.1, -0.05) is 20.8 Å². The number of anilines is 2. The third-order valence-corrected chi connectivity index (χ3v) is 4.51. The molecule has 1 aromatic heterocycles. The molecule has 1 aliphatic rings. The van der Waals surface area contributed by atoms with Gasteiger partial charge in [0.25, 0.3) is 0 Å². The maximum atomic E-state index is 10.7. The van der Waals surface area contributed by atoms with E-state index in [-0.39, 0.29) is 5.92 Å². The summed E-state index contributed by atoms with van der Waals surface area (Å²) < 4.78 is 0. The standard InChI is InChI=1S/C16H28N4O/c1-10(2)14-19-13(17)12(4)15(20-14)18-9-16(21)7-5-11(3)6-8-16/h10-11,21H,5-9H2,1-4H3,(H3,17,18,19,20). The van der Waals surface area contributed by atoms with Gasteiger partial charge in [-0.3, -0.25) is 0 Å². The average molecular weight is 292 g/mol. The molecule has 0 amide bonds. The van der Waals surface area contributed by atoms with Crippen LogP contribution in [0.4, 0.5) is 11.6 Å². The number of hydrogen-bond acceptors (Lipinski definition) is 5. The Morgan fingerprint density at radius 2 is 1.95 bits per heavy atom. The van der Waals surface area contributed by atoms with Crippen molar-refractivity contribution in [3.05, 3.63) is 11.4 Å². The van der Waals surface area contributed by atoms with Crippen LogP contribution in [0, 0.1) is 12.8 Å².